The number of H-pyrrole nitrogens is 1. The highest BCUT2D eigenvalue weighted by Gasteiger charge is 2.15. The van der Waals surface area contributed by atoms with E-state index in [0.29, 0.717) is 5.56 Å². The summed E-state index contributed by atoms with van der Waals surface area (Å²) in [4.78, 5) is 11.9. The number of nitrogens with two attached hydrogens (primary N) is 1. The summed E-state index contributed by atoms with van der Waals surface area (Å²) < 4.78 is 0. The highest BCUT2D eigenvalue weighted by molar-refractivity contribution is 5.32. The lowest BCUT2D eigenvalue weighted by molar-refractivity contribution is 0.747. The molecule has 0 bridgehead atoms. The van der Waals surface area contributed by atoms with Crippen LogP contribution in [0.5, 0.6) is 0 Å². The van der Waals surface area contributed by atoms with E-state index in [2.05, 4.69) is 10.2 Å². The van der Waals surface area contributed by atoms with Crippen molar-refractivity contribution in [2.45, 2.75) is 32.7 Å². The van der Waals surface area contributed by atoms with E-state index < -0.39 is 6.04 Å². The Morgan fingerprint density at radius 2 is 1.84 bits per heavy atom. The van der Waals surface area contributed by atoms with Crippen molar-refractivity contribution in [3.05, 3.63) is 63.1 Å². The number of hydrogen-bond acceptors (Lipinski definition) is 3. The Bertz CT molecular complexity index is 614. The Balaban J connectivity index is 2.43. The molecule has 0 fully saturated rings. The Hall–Kier alpha value is -1.94. The van der Waals surface area contributed by atoms with E-state index in [9.17, 15) is 4.79 Å². The van der Waals surface area contributed by atoms with Gasteiger partial charge in [-0.1, -0.05) is 43.7 Å². The standard InChI is InChI=1S/C15H19N3O/c1-9(2)13-8-12(15(19)18-17-13)14(16)11-6-4-10(3)5-7-11/h4-9,14H,16H2,1-3H3,(H,18,19). The molecule has 1 heterocycles. The lowest BCUT2D eigenvalue weighted by Gasteiger charge is -2.13. The van der Waals surface area contributed by atoms with Gasteiger partial charge in [0.15, 0.2) is 0 Å². The summed E-state index contributed by atoms with van der Waals surface area (Å²) in [6.07, 6.45) is 0. The van der Waals surface area contributed by atoms with Crippen LogP contribution in [0.15, 0.2) is 35.1 Å². The maximum Gasteiger partial charge on any atom is 0.269 e. The van der Waals surface area contributed by atoms with E-state index in [1.54, 1.807) is 6.07 Å². The van der Waals surface area contributed by atoms with Crippen LogP contribution in [0.4, 0.5) is 0 Å². The highest BCUT2D eigenvalue weighted by Crippen LogP contribution is 2.19. The average Bonchev–Trinajstić information content (AvgIpc) is 2.39. The first-order chi connectivity index (χ1) is 8.99. The SMILES string of the molecule is Cc1ccc(C(N)c2cc(C(C)C)n[nH]c2=O)cc1. The van der Waals surface area contributed by atoms with Gasteiger partial charge in [-0.2, -0.15) is 5.10 Å². The summed E-state index contributed by atoms with van der Waals surface area (Å²) in [5.74, 6) is 0.251. The van der Waals surface area contributed by atoms with Crippen molar-refractivity contribution in [3.8, 4) is 0 Å². The molecule has 1 atom stereocenters. The van der Waals surface area contributed by atoms with Crippen LogP contribution in [-0.2, 0) is 0 Å². The third-order valence-corrected chi connectivity index (χ3v) is 3.22. The van der Waals surface area contributed by atoms with Crippen LogP contribution in [0.2, 0.25) is 0 Å². The number of nitrogens with one attached hydrogen (secondary N) is 1. The third kappa shape index (κ3) is 2.90. The molecule has 3 N–H and O–H groups in total. The molecule has 0 amide bonds. The van der Waals surface area contributed by atoms with E-state index in [-0.39, 0.29) is 11.5 Å². The van der Waals surface area contributed by atoms with Crippen molar-refractivity contribution in [1.82, 2.24) is 10.2 Å². The zero-order valence-electron chi connectivity index (χ0n) is 11.5. The minimum absolute atomic E-state index is 0.225. The van der Waals surface area contributed by atoms with Crippen molar-refractivity contribution < 1.29 is 0 Å². The van der Waals surface area contributed by atoms with Crippen LogP contribution < -0.4 is 11.3 Å². The van der Waals surface area contributed by atoms with E-state index in [4.69, 9.17) is 5.73 Å². The Kier molecular flexibility index (Phi) is 3.81. The normalized spacial score (nSPS) is 12.7. The second-order valence-corrected chi connectivity index (χ2v) is 5.12. The first kappa shape index (κ1) is 13.5. The maximum atomic E-state index is 11.9. The van der Waals surface area contributed by atoms with Gasteiger partial charge >= 0.3 is 0 Å². The molecular weight excluding hydrogens is 238 g/mol. The zero-order chi connectivity index (χ0) is 14.0. The predicted molar refractivity (Wildman–Crippen MR) is 76.2 cm³/mol. The van der Waals surface area contributed by atoms with Gasteiger partial charge in [-0.25, -0.2) is 5.10 Å². The molecule has 0 saturated carbocycles. The third-order valence-electron chi connectivity index (χ3n) is 3.22. The summed E-state index contributed by atoms with van der Waals surface area (Å²) in [7, 11) is 0. The first-order valence-corrected chi connectivity index (χ1v) is 6.40. The number of benzene rings is 1. The van der Waals surface area contributed by atoms with E-state index >= 15 is 0 Å². The second-order valence-electron chi connectivity index (χ2n) is 5.12. The molecule has 0 spiro atoms. The average molecular weight is 257 g/mol. The molecule has 0 aliphatic heterocycles. The summed E-state index contributed by atoms with van der Waals surface area (Å²) in [5.41, 5.74) is 9.46. The van der Waals surface area contributed by atoms with Gasteiger partial charge in [-0.3, -0.25) is 4.79 Å². The van der Waals surface area contributed by atoms with Gasteiger partial charge in [0.1, 0.15) is 0 Å². The highest BCUT2D eigenvalue weighted by atomic mass is 16.1. The molecule has 0 radical (unpaired) electrons. The lowest BCUT2D eigenvalue weighted by atomic mass is 9.98. The Morgan fingerprint density at radius 1 is 1.21 bits per heavy atom. The molecule has 1 aromatic heterocycles. The van der Waals surface area contributed by atoms with Gasteiger partial charge in [-0.15, -0.1) is 0 Å². The quantitative estimate of drug-likeness (QED) is 0.885. The summed E-state index contributed by atoms with van der Waals surface area (Å²) >= 11 is 0. The van der Waals surface area contributed by atoms with Gasteiger partial charge in [0.05, 0.1) is 11.7 Å². The van der Waals surface area contributed by atoms with Gasteiger partial charge in [0.2, 0.25) is 0 Å². The van der Waals surface area contributed by atoms with Crippen LogP contribution in [0.25, 0.3) is 0 Å². The van der Waals surface area contributed by atoms with Crippen molar-refractivity contribution in [2.75, 3.05) is 0 Å². The maximum absolute atomic E-state index is 11.9. The topological polar surface area (TPSA) is 71.8 Å². The second kappa shape index (κ2) is 5.36. The van der Waals surface area contributed by atoms with Crippen LogP contribution >= 0.6 is 0 Å². The van der Waals surface area contributed by atoms with Crippen molar-refractivity contribution in [2.24, 2.45) is 5.73 Å². The molecule has 100 valence electrons. The van der Waals surface area contributed by atoms with Crippen molar-refractivity contribution >= 4 is 0 Å². The Labute approximate surface area is 112 Å². The monoisotopic (exact) mass is 257 g/mol. The summed E-state index contributed by atoms with van der Waals surface area (Å²) in [6, 6.07) is 9.27. The largest absolute Gasteiger partial charge is 0.320 e. The molecule has 1 unspecified atom stereocenters. The van der Waals surface area contributed by atoms with Crippen molar-refractivity contribution in [1.29, 1.82) is 0 Å². The lowest BCUT2D eigenvalue weighted by Crippen LogP contribution is -2.24. The van der Waals surface area contributed by atoms with Crippen LogP contribution in [0.1, 0.15) is 48.2 Å². The first-order valence-electron chi connectivity index (χ1n) is 6.40. The van der Waals surface area contributed by atoms with Crippen LogP contribution in [0, 0.1) is 6.92 Å². The number of aryl methyl sites for hydroxylation is 1. The number of nitrogens with zero attached hydrogens (tertiary/aromatic N) is 1. The fraction of sp³-hybridized carbons (Fsp3) is 0.333. The Morgan fingerprint density at radius 3 is 2.42 bits per heavy atom. The van der Waals surface area contributed by atoms with Crippen LogP contribution in [0.3, 0.4) is 0 Å². The number of aromatic amines is 1. The minimum atomic E-state index is -0.426. The van der Waals surface area contributed by atoms with Gasteiger partial charge in [-0.05, 0) is 24.5 Å². The smallest absolute Gasteiger partial charge is 0.269 e. The molecule has 0 saturated heterocycles. The summed E-state index contributed by atoms with van der Waals surface area (Å²) in [6.45, 7) is 6.08. The number of rotatable bonds is 3. The predicted octanol–water partition coefficient (Wildman–Crippen LogP) is 2.25. The van der Waals surface area contributed by atoms with E-state index in [1.807, 2.05) is 45.0 Å². The van der Waals surface area contributed by atoms with Gasteiger partial charge < -0.3 is 5.73 Å². The fourth-order valence-corrected chi connectivity index (χ4v) is 1.92. The zero-order valence-corrected chi connectivity index (χ0v) is 11.5. The van der Waals surface area contributed by atoms with Gasteiger partial charge in [0.25, 0.3) is 5.56 Å². The molecule has 0 aliphatic carbocycles. The molecule has 4 heteroatoms. The molecule has 0 aliphatic rings. The molecule has 4 nitrogen and oxygen atoms in total. The molecule has 1 aromatic carbocycles. The number of hydrogen-bond donors (Lipinski definition) is 2. The minimum Gasteiger partial charge on any atom is -0.320 e. The summed E-state index contributed by atoms with van der Waals surface area (Å²) in [5, 5.41) is 6.56. The van der Waals surface area contributed by atoms with E-state index in [1.165, 1.54) is 5.56 Å². The van der Waals surface area contributed by atoms with Crippen LogP contribution in [-0.4, -0.2) is 10.2 Å². The molecule has 2 rings (SSSR count). The molecular formula is C15H19N3O. The molecule has 19 heavy (non-hydrogen) atoms. The number of aromatic nitrogens is 2. The van der Waals surface area contributed by atoms with Crippen molar-refractivity contribution in [3.63, 3.8) is 0 Å². The van der Waals surface area contributed by atoms with E-state index in [0.717, 1.165) is 11.3 Å². The van der Waals surface area contributed by atoms with Gasteiger partial charge in [0, 0.05) is 5.56 Å². The molecule has 2 aromatic rings. The fourth-order valence-electron chi connectivity index (χ4n) is 1.92.